The van der Waals surface area contributed by atoms with Crippen LogP contribution in [0.25, 0.3) is 0 Å². The normalized spacial score (nSPS) is 18.9. The van der Waals surface area contributed by atoms with Gasteiger partial charge in [-0.2, -0.15) is 5.10 Å². The number of hydrogen-bond acceptors (Lipinski definition) is 5. The van der Waals surface area contributed by atoms with Crippen molar-refractivity contribution in [2.45, 2.75) is 12.5 Å². The fourth-order valence-corrected chi connectivity index (χ4v) is 2.15. The Morgan fingerprint density at radius 3 is 2.84 bits per heavy atom. The third-order valence-corrected chi connectivity index (χ3v) is 3.08. The van der Waals surface area contributed by atoms with Crippen LogP contribution in [0.1, 0.15) is 6.42 Å². The van der Waals surface area contributed by atoms with E-state index in [1.54, 1.807) is 34.2 Å². The summed E-state index contributed by atoms with van der Waals surface area (Å²) >= 11 is 0. The second-order valence-electron chi connectivity index (χ2n) is 4.42. The number of nitrogens with one attached hydrogen (secondary N) is 1. The molecule has 0 aromatic carbocycles. The fraction of sp³-hybridized carbons (Fsp3) is 0.333. The van der Waals surface area contributed by atoms with Crippen LogP contribution in [0, 0.1) is 0 Å². The minimum atomic E-state index is -0.275. The zero-order valence-corrected chi connectivity index (χ0v) is 10.5. The van der Waals surface area contributed by atoms with Crippen LogP contribution >= 0.6 is 0 Å². The lowest BCUT2D eigenvalue weighted by Gasteiger charge is -2.14. The summed E-state index contributed by atoms with van der Waals surface area (Å²) in [5.41, 5.74) is 0.825. The van der Waals surface area contributed by atoms with E-state index in [-0.39, 0.29) is 11.9 Å². The molecule has 0 bridgehead atoms. The van der Waals surface area contributed by atoms with Gasteiger partial charge in [-0.3, -0.25) is 9.48 Å². The first-order valence-electron chi connectivity index (χ1n) is 6.07. The quantitative estimate of drug-likeness (QED) is 0.864. The molecular formula is C12H14N6O. The largest absolute Gasteiger partial charge is 0.342 e. The van der Waals surface area contributed by atoms with Crippen LogP contribution in [-0.4, -0.2) is 38.2 Å². The molecule has 1 aliphatic rings. The molecule has 2 aromatic heterocycles. The third kappa shape index (κ3) is 2.26. The maximum absolute atomic E-state index is 12.3. The van der Waals surface area contributed by atoms with E-state index in [1.165, 1.54) is 0 Å². The summed E-state index contributed by atoms with van der Waals surface area (Å²) in [6, 6.07) is 1.46. The van der Waals surface area contributed by atoms with Crippen LogP contribution in [0.3, 0.4) is 0 Å². The number of carbonyl (C=O) groups is 1. The molecule has 3 rings (SSSR count). The lowest BCUT2D eigenvalue weighted by atomic mass is 10.2. The fourth-order valence-electron chi connectivity index (χ4n) is 2.15. The average molecular weight is 258 g/mol. The molecule has 7 nitrogen and oxygen atoms in total. The SMILES string of the molecule is Cn1cc(N2CCC(Nc3ncccn3)C2=O)cn1. The highest BCUT2D eigenvalue weighted by molar-refractivity contribution is 6.00. The minimum absolute atomic E-state index is 0.0282. The van der Waals surface area contributed by atoms with Crippen molar-refractivity contribution in [3.05, 3.63) is 30.9 Å². The van der Waals surface area contributed by atoms with E-state index >= 15 is 0 Å². The second-order valence-corrected chi connectivity index (χ2v) is 4.42. The molecule has 0 aliphatic carbocycles. The van der Waals surface area contributed by atoms with Crippen molar-refractivity contribution in [1.82, 2.24) is 19.7 Å². The molecule has 0 saturated carbocycles. The predicted octanol–water partition coefficient (Wildman–Crippen LogP) is 0.427. The van der Waals surface area contributed by atoms with Crippen molar-refractivity contribution in [3.8, 4) is 0 Å². The van der Waals surface area contributed by atoms with Gasteiger partial charge in [0.2, 0.25) is 11.9 Å². The van der Waals surface area contributed by atoms with E-state index < -0.39 is 0 Å². The summed E-state index contributed by atoms with van der Waals surface area (Å²) in [5.74, 6) is 0.509. The Hall–Kier alpha value is -2.44. The number of hydrogen-bond donors (Lipinski definition) is 1. The molecule has 1 aliphatic heterocycles. The summed E-state index contributed by atoms with van der Waals surface area (Å²) in [4.78, 5) is 22.2. The number of rotatable bonds is 3. The van der Waals surface area contributed by atoms with Gasteiger partial charge in [-0.05, 0) is 12.5 Å². The smallest absolute Gasteiger partial charge is 0.249 e. The topological polar surface area (TPSA) is 75.9 Å². The molecule has 1 fully saturated rings. The summed E-state index contributed by atoms with van der Waals surface area (Å²) in [6.07, 6.45) is 7.55. The van der Waals surface area contributed by atoms with Crippen molar-refractivity contribution in [2.75, 3.05) is 16.8 Å². The summed E-state index contributed by atoms with van der Waals surface area (Å²) in [5, 5.41) is 7.14. The Labute approximate surface area is 110 Å². The maximum atomic E-state index is 12.3. The number of carbonyl (C=O) groups excluding carboxylic acids is 1. The Kier molecular flexibility index (Phi) is 2.86. The number of aryl methyl sites for hydroxylation is 1. The van der Waals surface area contributed by atoms with Gasteiger partial charge >= 0.3 is 0 Å². The van der Waals surface area contributed by atoms with Crippen LogP contribution < -0.4 is 10.2 Å². The zero-order valence-electron chi connectivity index (χ0n) is 10.5. The summed E-state index contributed by atoms with van der Waals surface area (Å²) in [7, 11) is 1.83. The molecule has 2 aromatic rings. The van der Waals surface area contributed by atoms with E-state index in [4.69, 9.17) is 0 Å². The molecule has 1 amide bonds. The monoisotopic (exact) mass is 258 g/mol. The van der Waals surface area contributed by atoms with E-state index in [1.807, 2.05) is 13.2 Å². The van der Waals surface area contributed by atoms with Crippen LogP contribution in [0.4, 0.5) is 11.6 Å². The van der Waals surface area contributed by atoms with Gasteiger partial charge in [0.1, 0.15) is 6.04 Å². The number of aromatic nitrogens is 4. The molecular weight excluding hydrogens is 244 g/mol. The predicted molar refractivity (Wildman–Crippen MR) is 69.6 cm³/mol. The highest BCUT2D eigenvalue weighted by Crippen LogP contribution is 2.22. The third-order valence-electron chi connectivity index (χ3n) is 3.08. The van der Waals surface area contributed by atoms with Crippen LogP contribution in [0.5, 0.6) is 0 Å². The first kappa shape index (κ1) is 11.6. The van der Waals surface area contributed by atoms with Crippen LogP contribution in [0.2, 0.25) is 0 Å². The molecule has 1 unspecified atom stereocenters. The molecule has 1 N–H and O–H groups in total. The number of anilines is 2. The van der Waals surface area contributed by atoms with E-state index in [2.05, 4.69) is 20.4 Å². The first-order valence-corrected chi connectivity index (χ1v) is 6.07. The Morgan fingerprint density at radius 2 is 2.16 bits per heavy atom. The van der Waals surface area contributed by atoms with E-state index in [0.29, 0.717) is 12.5 Å². The highest BCUT2D eigenvalue weighted by atomic mass is 16.2. The molecule has 3 heterocycles. The van der Waals surface area contributed by atoms with Crippen molar-refractivity contribution < 1.29 is 4.79 Å². The Bertz CT molecular complexity index is 581. The molecule has 1 saturated heterocycles. The Morgan fingerprint density at radius 1 is 1.37 bits per heavy atom. The number of amides is 1. The molecule has 0 radical (unpaired) electrons. The van der Waals surface area contributed by atoms with Crippen molar-refractivity contribution in [1.29, 1.82) is 0 Å². The minimum Gasteiger partial charge on any atom is -0.342 e. The van der Waals surface area contributed by atoms with Gasteiger partial charge in [0.05, 0.1) is 11.9 Å². The maximum Gasteiger partial charge on any atom is 0.249 e. The van der Waals surface area contributed by atoms with Crippen molar-refractivity contribution in [3.63, 3.8) is 0 Å². The highest BCUT2D eigenvalue weighted by Gasteiger charge is 2.33. The summed E-state index contributed by atoms with van der Waals surface area (Å²) < 4.78 is 1.68. The van der Waals surface area contributed by atoms with Crippen LogP contribution in [0.15, 0.2) is 30.9 Å². The standard InChI is InChI=1S/C12H14N6O/c1-17-8-9(7-15-17)18-6-3-10(11(18)19)16-12-13-4-2-5-14-12/h2,4-5,7-8,10H,3,6H2,1H3,(H,13,14,16). The Balaban J connectivity index is 1.72. The average Bonchev–Trinajstić information content (AvgIpc) is 2.99. The van der Waals surface area contributed by atoms with Gasteiger partial charge in [0.15, 0.2) is 0 Å². The van der Waals surface area contributed by atoms with Crippen molar-refractivity contribution >= 4 is 17.5 Å². The zero-order chi connectivity index (χ0) is 13.2. The molecule has 1 atom stereocenters. The van der Waals surface area contributed by atoms with Crippen LogP contribution in [-0.2, 0) is 11.8 Å². The lowest BCUT2D eigenvalue weighted by Crippen LogP contribution is -2.33. The first-order chi connectivity index (χ1) is 9.24. The van der Waals surface area contributed by atoms with Gasteiger partial charge in [-0.1, -0.05) is 0 Å². The van der Waals surface area contributed by atoms with Gasteiger partial charge in [-0.25, -0.2) is 9.97 Å². The molecule has 7 heteroatoms. The number of nitrogens with zero attached hydrogens (tertiary/aromatic N) is 5. The van der Waals surface area contributed by atoms with E-state index in [0.717, 1.165) is 12.1 Å². The van der Waals surface area contributed by atoms with E-state index in [9.17, 15) is 4.79 Å². The van der Waals surface area contributed by atoms with Gasteiger partial charge in [0, 0.05) is 32.2 Å². The molecule has 19 heavy (non-hydrogen) atoms. The van der Waals surface area contributed by atoms with Gasteiger partial charge in [-0.15, -0.1) is 0 Å². The lowest BCUT2D eigenvalue weighted by molar-refractivity contribution is -0.117. The van der Waals surface area contributed by atoms with Gasteiger partial charge in [0.25, 0.3) is 0 Å². The molecule has 98 valence electrons. The molecule has 0 spiro atoms. The second kappa shape index (κ2) is 4.68. The van der Waals surface area contributed by atoms with Gasteiger partial charge < -0.3 is 10.2 Å². The van der Waals surface area contributed by atoms with Crippen molar-refractivity contribution in [2.24, 2.45) is 7.05 Å². The summed E-state index contributed by atoms with van der Waals surface area (Å²) in [6.45, 7) is 0.676.